The number of amides is 1. The maximum absolute atomic E-state index is 12.1. The molecule has 3 rings (SSSR count). The highest BCUT2D eigenvalue weighted by molar-refractivity contribution is 7.99. The molecule has 0 atom stereocenters. The largest absolute Gasteiger partial charge is 0.484 e. The Bertz CT molecular complexity index is 1020. The molecule has 3 aromatic rings. The summed E-state index contributed by atoms with van der Waals surface area (Å²) >= 11 is 1.60. The molecule has 0 saturated heterocycles. The van der Waals surface area contributed by atoms with Crippen LogP contribution in [0.4, 0.5) is 5.82 Å². The number of carbonyl (C=O) groups excluding carboxylic acids is 1. The number of nitrogens with zero attached hydrogens (tertiary/aromatic N) is 4. The van der Waals surface area contributed by atoms with Gasteiger partial charge in [0.15, 0.2) is 17.4 Å². The van der Waals surface area contributed by atoms with Crippen LogP contribution in [0.5, 0.6) is 5.75 Å². The van der Waals surface area contributed by atoms with Crippen molar-refractivity contribution < 1.29 is 9.53 Å². The first-order chi connectivity index (χ1) is 15.0. The molecule has 1 amide bonds. The van der Waals surface area contributed by atoms with E-state index in [2.05, 4.69) is 46.5 Å². The van der Waals surface area contributed by atoms with E-state index in [1.165, 1.54) is 0 Å². The molecule has 0 aliphatic rings. The van der Waals surface area contributed by atoms with Gasteiger partial charge in [-0.25, -0.2) is 14.6 Å². The lowest BCUT2D eigenvalue weighted by molar-refractivity contribution is -0.123. The number of hydrogen-bond acceptors (Lipinski definition) is 7. The molecule has 9 heteroatoms. The summed E-state index contributed by atoms with van der Waals surface area (Å²) in [6.45, 7) is 10.1. The lowest BCUT2D eigenvalue weighted by Crippen LogP contribution is -2.31. The number of ether oxygens (including phenoxy) is 1. The summed E-state index contributed by atoms with van der Waals surface area (Å²) in [6, 6.07) is 7.63. The molecule has 1 aromatic carbocycles. The van der Waals surface area contributed by atoms with Gasteiger partial charge in [0.1, 0.15) is 11.6 Å². The molecule has 0 fully saturated rings. The number of aryl methyl sites for hydroxylation is 1. The monoisotopic (exact) mass is 442 g/mol. The summed E-state index contributed by atoms with van der Waals surface area (Å²) in [7, 11) is 0. The number of nitrogens with one attached hydrogen (secondary N) is 2. The normalized spacial score (nSPS) is 11.1. The SMILES string of the molecule is CCSc1nc(NCC(C)C)c2cnn(CCNC(=O)COc3cccc(C)c3)c2n1. The Morgan fingerprint density at radius 1 is 1.29 bits per heavy atom. The van der Waals surface area contributed by atoms with Gasteiger partial charge in [0.05, 0.1) is 18.1 Å². The van der Waals surface area contributed by atoms with E-state index in [1.807, 2.05) is 31.2 Å². The van der Waals surface area contributed by atoms with Crippen molar-refractivity contribution in [2.24, 2.45) is 5.92 Å². The third kappa shape index (κ3) is 6.58. The fraction of sp³-hybridized carbons (Fsp3) is 0.455. The molecule has 2 aromatic heterocycles. The number of fused-ring (bicyclic) bond motifs is 1. The number of carbonyl (C=O) groups is 1. The molecule has 0 unspecified atom stereocenters. The Kier molecular flexibility index (Phi) is 8.11. The third-order valence-corrected chi connectivity index (χ3v) is 5.16. The molecule has 0 aliphatic heterocycles. The average Bonchev–Trinajstić information content (AvgIpc) is 3.14. The highest BCUT2D eigenvalue weighted by atomic mass is 32.2. The molecule has 2 heterocycles. The van der Waals surface area contributed by atoms with Gasteiger partial charge in [0.25, 0.3) is 5.91 Å². The van der Waals surface area contributed by atoms with Crippen molar-refractivity contribution in [3.8, 4) is 5.75 Å². The zero-order valence-electron chi connectivity index (χ0n) is 18.5. The first-order valence-corrected chi connectivity index (χ1v) is 11.5. The number of thioether (sulfide) groups is 1. The molecule has 0 radical (unpaired) electrons. The second-order valence-corrected chi connectivity index (χ2v) is 8.85. The van der Waals surface area contributed by atoms with Crippen LogP contribution in [-0.4, -0.2) is 51.1 Å². The van der Waals surface area contributed by atoms with E-state index in [9.17, 15) is 4.79 Å². The summed E-state index contributed by atoms with van der Waals surface area (Å²) in [5.41, 5.74) is 1.86. The Morgan fingerprint density at radius 2 is 2.13 bits per heavy atom. The molecule has 2 N–H and O–H groups in total. The van der Waals surface area contributed by atoms with Crippen LogP contribution in [0.2, 0.25) is 0 Å². The van der Waals surface area contributed by atoms with Crippen molar-refractivity contribution in [1.29, 1.82) is 0 Å². The van der Waals surface area contributed by atoms with E-state index in [-0.39, 0.29) is 12.5 Å². The summed E-state index contributed by atoms with van der Waals surface area (Å²) in [4.78, 5) is 21.4. The molecule has 0 aliphatic carbocycles. The van der Waals surface area contributed by atoms with E-state index in [4.69, 9.17) is 4.74 Å². The Hall–Kier alpha value is -2.81. The first kappa shape index (κ1) is 22.9. The van der Waals surface area contributed by atoms with E-state index < -0.39 is 0 Å². The van der Waals surface area contributed by atoms with Crippen molar-refractivity contribution in [1.82, 2.24) is 25.1 Å². The minimum atomic E-state index is -0.172. The van der Waals surface area contributed by atoms with Gasteiger partial charge in [-0.2, -0.15) is 5.10 Å². The lowest BCUT2D eigenvalue weighted by Gasteiger charge is -2.11. The average molecular weight is 443 g/mol. The molecule has 0 bridgehead atoms. The van der Waals surface area contributed by atoms with Gasteiger partial charge >= 0.3 is 0 Å². The van der Waals surface area contributed by atoms with Gasteiger partial charge < -0.3 is 15.4 Å². The number of benzene rings is 1. The minimum absolute atomic E-state index is 0.0218. The van der Waals surface area contributed by atoms with Crippen molar-refractivity contribution in [3.63, 3.8) is 0 Å². The van der Waals surface area contributed by atoms with Crippen LogP contribution in [0, 0.1) is 12.8 Å². The molecule has 31 heavy (non-hydrogen) atoms. The van der Waals surface area contributed by atoms with Crippen molar-refractivity contribution >= 4 is 34.5 Å². The van der Waals surface area contributed by atoms with Gasteiger partial charge in [-0.3, -0.25) is 4.79 Å². The quantitative estimate of drug-likeness (QED) is 0.347. The van der Waals surface area contributed by atoms with E-state index in [1.54, 1.807) is 22.6 Å². The van der Waals surface area contributed by atoms with Gasteiger partial charge in [0, 0.05) is 13.1 Å². The number of rotatable bonds is 11. The van der Waals surface area contributed by atoms with Gasteiger partial charge in [-0.05, 0) is 36.3 Å². The summed E-state index contributed by atoms with van der Waals surface area (Å²) in [5.74, 6) is 2.71. The maximum atomic E-state index is 12.1. The standard InChI is InChI=1S/C22H30N6O2S/c1-5-31-22-26-20(24-12-15(2)3)18-13-25-28(21(18)27-22)10-9-23-19(29)14-30-17-8-6-7-16(4)11-17/h6-8,11,13,15H,5,9-10,12,14H2,1-4H3,(H,23,29)(H,24,26,27). The molecule has 8 nitrogen and oxygen atoms in total. The fourth-order valence-corrected chi connectivity index (χ4v) is 3.50. The minimum Gasteiger partial charge on any atom is -0.484 e. The third-order valence-electron chi connectivity index (χ3n) is 4.43. The zero-order valence-corrected chi connectivity index (χ0v) is 19.3. The Balaban J connectivity index is 1.61. The Labute approximate surface area is 187 Å². The predicted octanol–water partition coefficient (Wildman–Crippen LogP) is 3.51. The highest BCUT2D eigenvalue weighted by Gasteiger charge is 2.14. The lowest BCUT2D eigenvalue weighted by atomic mass is 10.2. The van der Waals surface area contributed by atoms with Crippen LogP contribution in [0.25, 0.3) is 11.0 Å². The molecule has 166 valence electrons. The molecular formula is C22H30N6O2S. The van der Waals surface area contributed by atoms with Crippen molar-refractivity contribution in [2.45, 2.75) is 39.4 Å². The second kappa shape index (κ2) is 11.0. The van der Waals surface area contributed by atoms with Crippen LogP contribution < -0.4 is 15.4 Å². The predicted molar refractivity (Wildman–Crippen MR) is 125 cm³/mol. The summed E-state index contributed by atoms with van der Waals surface area (Å²) in [5, 5.41) is 12.4. The van der Waals surface area contributed by atoms with Crippen molar-refractivity contribution in [3.05, 3.63) is 36.0 Å². The smallest absolute Gasteiger partial charge is 0.258 e. The van der Waals surface area contributed by atoms with E-state index in [0.29, 0.717) is 24.8 Å². The van der Waals surface area contributed by atoms with E-state index >= 15 is 0 Å². The van der Waals surface area contributed by atoms with Crippen LogP contribution in [0.15, 0.2) is 35.6 Å². The Morgan fingerprint density at radius 3 is 2.87 bits per heavy atom. The maximum Gasteiger partial charge on any atom is 0.258 e. The fourth-order valence-electron chi connectivity index (χ4n) is 2.93. The van der Waals surface area contributed by atoms with Crippen LogP contribution in [-0.2, 0) is 11.3 Å². The molecular weight excluding hydrogens is 412 g/mol. The topological polar surface area (TPSA) is 94.0 Å². The summed E-state index contributed by atoms with van der Waals surface area (Å²) < 4.78 is 7.35. The van der Waals surface area contributed by atoms with Crippen LogP contribution in [0.1, 0.15) is 26.3 Å². The number of hydrogen-bond donors (Lipinski definition) is 2. The zero-order chi connectivity index (χ0) is 22.2. The van der Waals surface area contributed by atoms with Gasteiger partial charge in [-0.15, -0.1) is 0 Å². The van der Waals surface area contributed by atoms with E-state index in [0.717, 1.165) is 39.9 Å². The van der Waals surface area contributed by atoms with Crippen LogP contribution >= 0.6 is 11.8 Å². The molecule has 0 saturated carbocycles. The first-order valence-electron chi connectivity index (χ1n) is 10.5. The molecule has 0 spiro atoms. The van der Waals surface area contributed by atoms with Gasteiger partial charge in [-0.1, -0.05) is 44.7 Å². The van der Waals surface area contributed by atoms with Crippen molar-refractivity contribution in [2.75, 3.05) is 30.8 Å². The highest BCUT2D eigenvalue weighted by Crippen LogP contribution is 2.24. The number of aromatic nitrogens is 4. The summed E-state index contributed by atoms with van der Waals surface area (Å²) in [6.07, 6.45) is 1.78. The second-order valence-electron chi connectivity index (χ2n) is 7.62. The van der Waals surface area contributed by atoms with Crippen LogP contribution in [0.3, 0.4) is 0 Å². The van der Waals surface area contributed by atoms with Gasteiger partial charge in [0.2, 0.25) is 0 Å². The number of anilines is 1.